The highest BCUT2D eigenvalue weighted by molar-refractivity contribution is 6.24. The predicted octanol–water partition coefficient (Wildman–Crippen LogP) is 3.62. The van der Waals surface area contributed by atoms with Crippen LogP contribution in [0.25, 0.3) is 10.9 Å². The highest BCUT2D eigenvalue weighted by Crippen LogP contribution is 2.45. The van der Waals surface area contributed by atoms with Crippen molar-refractivity contribution in [1.82, 2.24) is 15.2 Å². The van der Waals surface area contributed by atoms with Crippen LogP contribution >= 0.6 is 0 Å². The smallest absolute Gasteiger partial charge is 0.332 e. The molecular weight excluding hydrogens is 540 g/mol. The van der Waals surface area contributed by atoms with Crippen LogP contribution < -0.4 is 10.2 Å². The Hall–Kier alpha value is -5.45. The van der Waals surface area contributed by atoms with Crippen LogP contribution in [-0.2, 0) is 20.8 Å². The minimum absolute atomic E-state index is 0.0185. The maximum atomic E-state index is 14.2. The highest BCUT2D eigenvalue weighted by atomic mass is 16.4. The van der Waals surface area contributed by atoms with Crippen molar-refractivity contribution >= 4 is 46.4 Å². The van der Waals surface area contributed by atoms with Crippen LogP contribution in [0.4, 0.5) is 10.5 Å². The Morgan fingerprint density at radius 3 is 2.38 bits per heavy atom. The Balaban J connectivity index is 1.42. The Labute approximate surface area is 239 Å². The monoisotopic (exact) mass is 566 g/mol. The van der Waals surface area contributed by atoms with Crippen molar-refractivity contribution in [3.63, 3.8) is 0 Å². The van der Waals surface area contributed by atoms with Crippen molar-refractivity contribution in [2.24, 2.45) is 0 Å². The lowest BCUT2D eigenvalue weighted by molar-refractivity contribution is -0.145. The van der Waals surface area contributed by atoms with Crippen molar-refractivity contribution in [3.05, 3.63) is 101 Å². The summed E-state index contributed by atoms with van der Waals surface area (Å²) in [6, 6.07) is 17.6. The van der Waals surface area contributed by atoms with Gasteiger partial charge in [-0.2, -0.15) is 0 Å². The van der Waals surface area contributed by atoms with E-state index in [2.05, 4.69) is 10.3 Å². The van der Waals surface area contributed by atoms with E-state index in [1.165, 1.54) is 23.1 Å². The van der Waals surface area contributed by atoms with E-state index in [0.717, 1.165) is 38.2 Å². The van der Waals surface area contributed by atoms with Gasteiger partial charge >= 0.3 is 18.0 Å². The number of carbonyl (C=O) groups is 5. The minimum Gasteiger partial charge on any atom is -0.481 e. The zero-order chi connectivity index (χ0) is 29.7. The molecule has 1 aromatic heterocycles. The number of nitrogens with zero attached hydrogens (tertiary/aromatic N) is 2. The molecule has 0 radical (unpaired) electrons. The number of amides is 4. The molecule has 2 aliphatic heterocycles. The Morgan fingerprint density at radius 1 is 0.976 bits per heavy atom. The number of H-pyrrole nitrogens is 1. The zero-order valence-corrected chi connectivity index (χ0v) is 22.4. The van der Waals surface area contributed by atoms with E-state index >= 15 is 0 Å². The summed E-state index contributed by atoms with van der Waals surface area (Å²) in [5, 5.41) is 21.6. The molecular formula is C31H26N4O7. The number of para-hydroxylation sites is 2. The first-order valence-corrected chi connectivity index (χ1v) is 13.3. The Kier molecular flexibility index (Phi) is 6.49. The van der Waals surface area contributed by atoms with E-state index in [-0.39, 0.29) is 17.7 Å². The largest absolute Gasteiger partial charge is 0.481 e. The van der Waals surface area contributed by atoms with E-state index in [4.69, 9.17) is 5.11 Å². The Morgan fingerprint density at radius 2 is 1.67 bits per heavy atom. The van der Waals surface area contributed by atoms with Crippen LogP contribution in [-0.4, -0.2) is 62.0 Å². The number of carboxylic acid groups (broad SMARTS) is 2. The molecule has 11 heteroatoms. The molecule has 4 N–H and O–H groups in total. The number of carboxylic acids is 2. The van der Waals surface area contributed by atoms with Crippen LogP contribution in [0, 0.1) is 6.92 Å². The van der Waals surface area contributed by atoms with Gasteiger partial charge in [-0.25, -0.2) is 14.5 Å². The van der Waals surface area contributed by atoms with Gasteiger partial charge in [0.25, 0.3) is 11.8 Å². The van der Waals surface area contributed by atoms with Crippen LogP contribution in [0.3, 0.4) is 0 Å². The van der Waals surface area contributed by atoms with E-state index in [1.807, 2.05) is 55.5 Å². The molecule has 4 aromatic rings. The molecule has 0 unspecified atom stereocenters. The number of carbonyl (C=O) groups excluding carboxylic acids is 3. The molecule has 0 saturated carbocycles. The van der Waals surface area contributed by atoms with E-state index < -0.39 is 54.3 Å². The van der Waals surface area contributed by atoms with Gasteiger partial charge in [-0.1, -0.05) is 60.2 Å². The third-order valence-corrected chi connectivity index (χ3v) is 7.81. The van der Waals surface area contributed by atoms with Crippen LogP contribution in [0.1, 0.15) is 45.2 Å². The summed E-state index contributed by atoms with van der Waals surface area (Å²) in [6.07, 6.45) is -0.582. The quantitative estimate of drug-likeness (QED) is 0.249. The number of anilines is 1. The summed E-state index contributed by atoms with van der Waals surface area (Å²) in [7, 11) is 0. The number of aromatic amines is 1. The molecule has 4 amide bonds. The van der Waals surface area contributed by atoms with Gasteiger partial charge in [0.1, 0.15) is 18.1 Å². The number of aliphatic carboxylic acids is 2. The van der Waals surface area contributed by atoms with Gasteiger partial charge in [0.2, 0.25) is 0 Å². The SMILES string of the molecule is Cc1ccc([C@H]2c3[nH]c4ccccc4c3C[C@H]3C(=O)N(c4ccccc4C(=O)N[C@@H](CC(=O)O)C(=O)O)C(=O)N23)cc1. The van der Waals surface area contributed by atoms with Crippen molar-refractivity contribution < 1.29 is 34.2 Å². The molecule has 1 fully saturated rings. The summed E-state index contributed by atoms with van der Waals surface area (Å²) < 4.78 is 0. The maximum Gasteiger partial charge on any atom is 0.332 e. The summed E-state index contributed by atoms with van der Waals surface area (Å²) in [6.45, 7) is 1.96. The number of nitrogens with one attached hydrogen (secondary N) is 2. The lowest BCUT2D eigenvalue weighted by atomic mass is 9.88. The Bertz CT molecular complexity index is 1780. The fourth-order valence-corrected chi connectivity index (χ4v) is 5.86. The fraction of sp³-hybridized carbons (Fsp3) is 0.194. The van der Waals surface area contributed by atoms with Gasteiger partial charge in [0, 0.05) is 23.0 Å². The number of imide groups is 1. The first-order valence-electron chi connectivity index (χ1n) is 13.3. The van der Waals surface area contributed by atoms with Crippen LogP contribution in [0.2, 0.25) is 0 Å². The number of hydrogen-bond acceptors (Lipinski definition) is 5. The zero-order valence-electron chi connectivity index (χ0n) is 22.4. The third kappa shape index (κ3) is 4.35. The number of aromatic nitrogens is 1. The van der Waals surface area contributed by atoms with E-state index in [1.54, 1.807) is 6.07 Å². The van der Waals surface area contributed by atoms with Crippen LogP contribution in [0.15, 0.2) is 72.8 Å². The third-order valence-electron chi connectivity index (χ3n) is 7.81. The number of fused-ring (bicyclic) bond motifs is 4. The van der Waals surface area contributed by atoms with Crippen molar-refractivity contribution in [2.45, 2.75) is 37.9 Å². The number of aryl methyl sites for hydroxylation is 1. The number of rotatable bonds is 7. The van der Waals surface area contributed by atoms with Crippen LogP contribution in [0.5, 0.6) is 0 Å². The second-order valence-corrected chi connectivity index (χ2v) is 10.4. The molecule has 3 heterocycles. The second-order valence-electron chi connectivity index (χ2n) is 10.4. The van der Waals surface area contributed by atoms with Crippen molar-refractivity contribution in [3.8, 4) is 0 Å². The molecule has 212 valence electrons. The number of benzene rings is 3. The average Bonchev–Trinajstić information content (AvgIpc) is 3.46. The van der Waals surface area contributed by atoms with Gasteiger partial charge < -0.3 is 20.5 Å². The van der Waals surface area contributed by atoms with Gasteiger partial charge in [-0.3, -0.25) is 19.3 Å². The lowest BCUT2D eigenvalue weighted by Gasteiger charge is -2.36. The maximum absolute atomic E-state index is 14.2. The summed E-state index contributed by atoms with van der Waals surface area (Å²) in [5.74, 6) is -4.37. The molecule has 42 heavy (non-hydrogen) atoms. The second kappa shape index (κ2) is 10.2. The van der Waals surface area contributed by atoms with Gasteiger partial charge in [0.15, 0.2) is 0 Å². The molecule has 3 atom stereocenters. The normalized spacial score (nSPS) is 18.5. The summed E-state index contributed by atoms with van der Waals surface area (Å²) >= 11 is 0. The van der Waals surface area contributed by atoms with E-state index in [9.17, 15) is 29.1 Å². The lowest BCUT2D eigenvalue weighted by Crippen LogP contribution is -2.44. The standard InChI is InChI=1S/C31H26N4O7/c1-16-10-12-17(13-11-16)27-26-20(18-6-2-4-8-21(18)32-26)14-24-29(39)35(31(42)34(24)27)23-9-5-3-7-19(23)28(38)33-22(30(40)41)15-25(36)37/h2-13,22,24,27,32H,14-15H2,1H3,(H,33,38)(H,36,37)(H,40,41)/t22-,24-,27-/m0/s1. The molecule has 11 nitrogen and oxygen atoms in total. The fourth-order valence-electron chi connectivity index (χ4n) is 5.86. The molecule has 2 aliphatic rings. The molecule has 0 spiro atoms. The molecule has 0 aliphatic carbocycles. The van der Waals surface area contributed by atoms with E-state index in [0.29, 0.717) is 0 Å². The number of hydrogen-bond donors (Lipinski definition) is 4. The first-order chi connectivity index (χ1) is 20.2. The summed E-state index contributed by atoms with van der Waals surface area (Å²) in [5.41, 5.74) is 4.34. The molecule has 0 bridgehead atoms. The van der Waals surface area contributed by atoms with Gasteiger partial charge in [-0.15, -0.1) is 0 Å². The molecule has 6 rings (SSSR count). The highest BCUT2D eigenvalue weighted by Gasteiger charge is 2.53. The first kappa shape index (κ1) is 26.8. The number of urea groups is 1. The van der Waals surface area contributed by atoms with Gasteiger partial charge in [-0.05, 0) is 36.2 Å². The van der Waals surface area contributed by atoms with Gasteiger partial charge in [0.05, 0.1) is 17.7 Å². The molecule has 3 aromatic carbocycles. The average molecular weight is 567 g/mol. The molecule has 1 saturated heterocycles. The minimum atomic E-state index is -1.70. The van der Waals surface area contributed by atoms with Crippen molar-refractivity contribution in [2.75, 3.05) is 4.90 Å². The van der Waals surface area contributed by atoms with Crippen molar-refractivity contribution in [1.29, 1.82) is 0 Å². The topological polar surface area (TPSA) is 160 Å². The summed E-state index contributed by atoms with van der Waals surface area (Å²) in [4.78, 5) is 70.1. The predicted molar refractivity (Wildman–Crippen MR) is 151 cm³/mol.